The molecule has 0 heterocycles. The van der Waals surface area contributed by atoms with E-state index in [1.54, 1.807) is 0 Å². The Kier molecular flexibility index (Phi) is 14.9. The average Bonchev–Trinajstić information content (AvgIpc) is 2.76. The van der Waals surface area contributed by atoms with E-state index in [2.05, 4.69) is 16.0 Å². The van der Waals surface area contributed by atoms with Crippen molar-refractivity contribution in [3.05, 3.63) is 0 Å². The van der Waals surface area contributed by atoms with E-state index in [0.29, 0.717) is 0 Å². The number of aliphatic carboxylic acids is 3. The highest BCUT2D eigenvalue weighted by Gasteiger charge is 2.32. The fourth-order valence-corrected chi connectivity index (χ4v) is 3.44. The quantitative estimate of drug-likeness (QED) is 0.0579. The van der Waals surface area contributed by atoms with Crippen molar-refractivity contribution >= 4 is 59.2 Å². The Labute approximate surface area is 214 Å². The number of carboxylic acids is 3. The molecular weight excluding hydrogens is 520 g/mol. The number of primary amides is 1. The van der Waals surface area contributed by atoms with Crippen LogP contribution in [0.5, 0.6) is 0 Å². The summed E-state index contributed by atoms with van der Waals surface area (Å²) in [6.45, 7) is 1.25. The second-order valence-corrected chi connectivity index (χ2v) is 8.61. The highest BCUT2D eigenvalue weighted by atomic mass is 32.2. The van der Waals surface area contributed by atoms with Gasteiger partial charge in [-0.25, -0.2) is 4.79 Å². The molecule has 0 aliphatic carbocycles. The van der Waals surface area contributed by atoms with Gasteiger partial charge in [0.1, 0.15) is 18.1 Å². The van der Waals surface area contributed by atoms with Crippen LogP contribution in [0.2, 0.25) is 0 Å². The topological polar surface area (TPSA) is 297 Å². The van der Waals surface area contributed by atoms with Crippen molar-refractivity contribution in [2.24, 2.45) is 11.5 Å². The van der Waals surface area contributed by atoms with Gasteiger partial charge in [-0.1, -0.05) is 0 Å². The third-order valence-electron chi connectivity index (χ3n) is 4.37. The largest absolute Gasteiger partial charge is 0.481 e. The molecule has 0 aliphatic rings. The lowest BCUT2D eigenvalue weighted by Gasteiger charge is -2.24. The molecule has 0 saturated carbocycles. The Balaban J connectivity index is 5.55. The molecule has 0 aromatic rings. The number of nitrogens with two attached hydrogens (primary N) is 2. The maximum atomic E-state index is 12.7. The van der Waals surface area contributed by atoms with E-state index in [-0.39, 0.29) is 17.5 Å². The maximum Gasteiger partial charge on any atom is 0.327 e. The standard InChI is InChI=1S/C19H30N6O11S/c1-8(26)22-7-37-6-12(19(35)36)25-17(33)10(2-3-14(28)29)23-18(34)11(5-15(30)31)24-16(32)9(20)4-13(21)27/h9-12H,2-7,20H2,1H3,(H2,21,27)(H,22,26)(H,23,34)(H,24,32)(H,25,33)(H,28,29)(H,30,31)(H,35,36)/t9-,10-,11-,12-/m0/s1. The van der Waals surface area contributed by atoms with Gasteiger partial charge < -0.3 is 48.1 Å². The summed E-state index contributed by atoms with van der Waals surface area (Å²) in [5, 5.41) is 36.1. The first-order valence-electron chi connectivity index (χ1n) is 10.6. The van der Waals surface area contributed by atoms with Gasteiger partial charge >= 0.3 is 17.9 Å². The van der Waals surface area contributed by atoms with Crippen molar-refractivity contribution in [2.75, 3.05) is 11.6 Å². The highest BCUT2D eigenvalue weighted by Crippen LogP contribution is 2.06. The summed E-state index contributed by atoms with van der Waals surface area (Å²) in [6, 6.07) is -6.40. The van der Waals surface area contributed by atoms with Crippen LogP contribution in [-0.4, -0.2) is 98.6 Å². The Morgan fingerprint density at radius 3 is 1.81 bits per heavy atom. The van der Waals surface area contributed by atoms with Crippen LogP contribution < -0.4 is 32.7 Å². The molecule has 37 heavy (non-hydrogen) atoms. The smallest absolute Gasteiger partial charge is 0.327 e. The van der Waals surface area contributed by atoms with Gasteiger partial charge in [-0.15, -0.1) is 11.8 Å². The molecule has 0 bridgehead atoms. The fourth-order valence-electron chi connectivity index (χ4n) is 2.56. The van der Waals surface area contributed by atoms with Gasteiger partial charge in [-0.3, -0.25) is 33.6 Å². The number of thioether (sulfide) groups is 1. The number of nitrogens with one attached hydrogen (secondary N) is 4. The van der Waals surface area contributed by atoms with E-state index in [0.717, 1.165) is 11.8 Å². The van der Waals surface area contributed by atoms with Crippen LogP contribution in [-0.2, 0) is 38.4 Å². The maximum absolute atomic E-state index is 12.7. The minimum absolute atomic E-state index is 0.0443. The number of hydrogen-bond acceptors (Lipinski definition) is 10. The summed E-state index contributed by atoms with van der Waals surface area (Å²) in [4.78, 5) is 93.1. The number of rotatable bonds is 18. The zero-order valence-electron chi connectivity index (χ0n) is 19.7. The van der Waals surface area contributed by atoms with E-state index in [1.807, 2.05) is 5.32 Å². The number of carbonyl (C=O) groups excluding carboxylic acids is 5. The lowest BCUT2D eigenvalue weighted by molar-refractivity contribution is -0.143. The predicted molar refractivity (Wildman–Crippen MR) is 125 cm³/mol. The van der Waals surface area contributed by atoms with Gasteiger partial charge in [0.25, 0.3) is 0 Å². The highest BCUT2D eigenvalue weighted by molar-refractivity contribution is 7.99. The molecular formula is C19H30N6O11S. The molecule has 0 aromatic carbocycles. The monoisotopic (exact) mass is 550 g/mol. The molecule has 11 N–H and O–H groups in total. The molecule has 0 spiro atoms. The van der Waals surface area contributed by atoms with Crippen LogP contribution in [0.15, 0.2) is 0 Å². The van der Waals surface area contributed by atoms with E-state index in [9.17, 15) is 43.5 Å². The minimum Gasteiger partial charge on any atom is -0.481 e. The van der Waals surface area contributed by atoms with Crippen molar-refractivity contribution in [1.82, 2.24) is 21.3 Å². The number of hydrogen-bond donors (Lipinski definition) is 9. The predicted octanol–water partition coefficient (Wildman–Crippen LogP) is -4.11. The van der Waals surface area contributed by atoms with Gasteiger partial charge in [0.15, 0.2) is 0 Å². The Morgan fingerprint density at radius 1 is 0.784 bits per heavy atom. The molecule has 0 saturated heterocycles. The van der Waals surface area contributed by atoms with Gasteiger partial charge in [-0.2, -0.15) is 0 Å². The van der Waals surface area contributed by atoms with Gasteiger partial charge in [0, 0.05) is 19.1 Å². The van der Waals surface area contributed by atoms with E-state index >= 15 is 0 Å². The van der Waals surface area contributed by atoms with E-state index in [4.69, 9.17) is 21.7 Å². The van der Waals surface area contributed by atoms with Crippen molar-refractivity contribution in [3.8, 4) is 0 Å². The van der Waals surface area contributed by atoms with Crippen LogP contribution in [0.1, 0.15) is 32.6 Å². The molecule has 18 heteroatoms. The Hall–Kier alpha value is -3.93. The molecule has 17 nitrogen and oxygen atoms in total. The summed E-state index contributed by atoms with van der Waals surface area (Å²) >= 11 is 0.963. The molecule has 208 valence electrons. The number of amides is 5. The third-order valence-corrected chi connectivity index (χ3v) is 5.29. The summed E-state index contributed by atoms with van der Waals surface area (Å²) in [5.74, 6) is -9.17. The van der Waals surface area contributed by atoms with Gasteiger partial charge in [-0.05, 0) is 6.42 Å². The zero-order valence-corrected chi connectivity index (χ0v) is 20.5. The summed E-state index contributed by atoms with van der Waals surface area (Å²) in [5.41, 5.74) is 10.4. The molecule has 0 unspecified atom stereocenters. The second kappa shape index (κ2) is 16.7. The summed E-state index contributed by atoms with van der Waals surface area (Å²) in [6.07, 6.45) is -2.71. The molecule has 0 rings (SSSR count). The van der Waals surface area contributed by atoms with Crippen molar-refractivity contribution < 1.29 is 53.7 Å². The fraction of sp³-hybridized carbons (Fsp3) is 0.579. The second-order valence-electron chi connectivity index (χ2n) is 7.58. The van der Waals surface area contributed by atoms with Crippen LogP contribution in [0.3, 0.4) is 0 Å². The van der Waals surface area contributed by atoms with Crippen LogP contribution >= 0.6 is 11.8 Å². The molecule has 0 aromatic heterocycles. The van der Waals surface area contributed by atoms with Gasteiger partial charge in [0.05, 0.1) is 24.8 Å². The van der Waals surface area contributed by atoms with Crippen molar-refractivity contribution in [3.63, 3.8) is 0 Å². The molecule has 0 radical (unpaired) electrons. The van der Waals surface area contributed by atoms with Crippen molar-refractivity contribution in [2.45, 2.75) is 56.8 Å². The summed E-state index contributed by atoms with van der Waals surface area (Å²) in [7, 11) is 0. The van der Waals surface area contributed by atoms with Crippen LogP contribution in [0.4, 0.5) is 0 Å². The number of carbonyl (C=O) groups is 8. The van der Waals surface area contributed by atoms with Crippen molar-refractivity contribution in [1.29, 1.82) is 0 Å². The third kappa shape index (κ3) is 14.9. The first-order chi connectivity index (χ1) is 17.1. The minimum atomic E-state index is -1.78. The zero-order chi connectivity index (χ0) is 28.7. The van der Waals surface area contributed by atoms with Crippen LogP contribution in [0.25, 0.3) is 0 Å². The first kappa shape index (κ1) is 33.1. The lowest BCUT2D eigenvalue weighted by Crippen LogP contribution is -2.58. The normalized spacial score (nSPS) is 13.7. The van der Waals surface area contributed by atoms with E-state index in [1.165, 1.54) is 6.92 Å². The average molecular weight is 551 g/mol. The first-order valence-corrected chi connectivity index (χ1v) is 11.7. The SMILES string of the molecule is CC(=O)NCSC[C@H](NC(=O)[C@H](CCC(=O)O)NC(=O)[C@H](CC(=O)O)NC(=O)[C@@H](N)CC(N)=O)C(=O)O. The molecule has 4 atom stereocenters. The lowest BCUT2D eigenvalue weighted by atomic mass is 10.1. The Morgan fingerprint density at radius 2 is 1.32 bits per heavy atom. The van der Waals surface area contributed by atoms with Gasteiger partial charge in [0.2, 0.25) is 29.5 Å². The molecule has 0 aliphatic heterocycles. The van der Waals surface area contributed by atoms with Crippen LogP contribution in [0, 0.1) is 0 Å². The Bertz CT molecular complexity index is 900. The number of carboxylic acid groups (broad SMARTS) is 3. The molecule has 5 amide bonds. The summed E-state index contributed by atoms with van der Waals surface area (Å²) < 4.78 is 0. The molecule has 0 fully saturated rings. The van der Waals surface area contributed by atoms with E-state index < -0.39 is 91.4 Å².